The molecule has 3 aromatic rings. The average molecular weight is 424 g/mol. The van der Waals surface area contributed by atoms with Crippen molar-refractivity contribution in [2.75, 3.05) is 7.05 Å². The second kappa shape index (κ2) is 8.68. The zero-order valence-electron chi connectivity index (χ0n) is 15.1. The van der Waals surface area contributed by atoms with E-state index in [4.69, 9.17) is 34.0 Å². The van der Waals surface area contributed by atoms with E-state index in [1.54, 1.807) is 40.6 Å². The predicted molar refractivity (Wildman–Crippen MR) is 105 cm³/mol. The Morgan fingerprint density at radius 2 is 2.18 bits per heavy atom. The molecule has 2 heterocycles. The van der Waals surface area contributed by atoms with E-state index in [1.165, 1.54) is 12.3 Å². The van der Waals surface area contributed by atoms with Crippen molar-refractivity contribution in [2.45, 2.75) is 26.2 Å². The number of furan rings is 1. The van der Waals surface area contributed by atoms with Gasteiger partial charge in [-0.15, -0.1) is 5.10 Å². The summed E-state index contributed by atoms with van der Waals surface area (Å²) in [5, 5.41) is 4.88. The Balaban J connectivity index is 1.86. The highest BCUT2D eigenvalue weighted by atomic mass is 35.5. The zero-order valence-corrected chi connectivity index (χ0v) is 16.7. The summed E-state index contributed by atoms with van der Waals surface area (Å²) in [6, 6.07) is 8.07. The summed E-state index contributed by atoms with van der Waals surface area (Å²) < 4.78 is 23.2. The fourth-order valence-corrected chi connectivity index (χ4v) is 3.28. The highest BCUT2D eigenvalue weighted by molar-refractivity contribution is 7.71. The van der Waals surface area contributed by atoms with Crippen LogP contribution in [0.5, 0.6) is 0 Å². The SMILES string of the molecule is CN(Cc1c(F)cccc1Cl)Cn1nc(-c2ccco2)n(CCC(N)=O)c1=S. The van der Waals surface area contributed by atoms with Gasteiger partial charge in [-0.3, -0.25) is 14.3 Å². The molecule has 10 heteroatoms. The molecule has 3 rings (SSSR count). The molecule has 2 aromatic heterocycles. The first kappa shape index (κ1) is 20.2. The van der Waals surface area contributed by atoms with Crippen molar-refractivity contribution in [1.82, 2.24) is 19.2 Å². The molecule has 0 fully saturated rings. The first-order chi connectivity index (χ1) is 13.4. The zero-order chi connectivity index (χ0) is 20.3. The highest BCUT2D eigenvalue weighted by Gasteiger charge is 2.17. The van der Waals surface area contributed by atoms with Crippen LogP contribution in [-0.4, -0.2) is 32.2 Å². The van der Waals surface area contributed by atoms with Crippen molar-refractivity contribution in [3.8, 4) is 11.6 Å². The number of carbonyl (C=O) groups is 1. The number of nitrogens with two attached hydrogens (primary N) is 1. The number of aromatic nitrogens is 3. The van der Waals surface area contributed by atoms with Crippen LogP contribution in [0.1, 0.15) is 12.0 Å². The van der Waals surface area contributed by atoms with Crippen LogP contribution >= 0.6 is 23.8 Å². The Labute approximate surface area is 171 Å². The van der Waals surface area contributed by atoms with Crippen molar-refractivity contribution in [2.24, 2.45) is 5.73 Å². The van der Waals surface area contributed by atoms with Gasteiger partial charge in [0.15, 0.2) is 16.4 Å². The van der Waals surface area contributed by atoms with Crippen LogP contribution in [0, 0.1) is 10.6 Å². The number of nitrogens with zero attached hydrogens (tertiary/aromatic N) is 4. The minimum atomic E-state index is -0.439. The molecule has 0 atom stereocenters. The van der Waals surface area contributed by atoms with Crippen molar-refractivity contribution in [3.05, 3.63) is 57.8 Å². The number of benzene rings is 1. The maximum absolute atomic E-state index is 14.0. The van der Waals surface area contributed by atoms with Gasteiger partial charge in [-0.05, 0) is 43.5 Å². The summed E-state index contributed by atoms with van der Waals surface area (Å²) in [5.74, 6) is 0.209. The van der Waals surface area contributed by atoms with Crippen molar-refractivity contribution in [1.29, 1.82) is 0 Å². The largest absolute Gasteiger partial charge is 0.461 e. The minimum absolute atomic E-state index is 0.119. The van der Waals surface area contributed by atoms with Gasteiger partial charge >= 0.3 is 0 Å². The molecule has 0 radical (unpaired) electrons. The summed E-state index contributed by atoms with van der Waals surface area (Å²) in [6.07, 6.45) is 1.65. The van der Waals surface area contributed by atoms with Crippen LogP contribution in [0.25, 0.3) is 11.6 Å². The standard InChI is InChI=1S/C18H19ClFN5O2S/c1-23(10-12-13(19)4-2-5-14(12)20)11-25-18(28)24(8-7-16(21)26)17(22-25)15-6-3-9-27-15/h2-6,9H,7-8,10-11H2,1H3,(H2,21,26). The number of primary amides is 1. The maximum Gasteiger partial charge on any atom is 0.219 e. The van der Waals surface area contributed by atoms with Gasteiger partial charge in [0.2, 0.25) is 5.91 Å². The Morgan fingerprint density at radius 1 is 1.39 bits per heavy atom. The number of amides is 1. The molecule has 0 bridgehead atoms. The maximum atomic E-state index is 14.0. The first-order valence-corrected chi connectivity index (χ1v) is 9.26. The quantitative estimate of drug-likeness (QED) is 0.561. The van der Waals surface area contributed by atoms with Crippen molar-refractivity contribution >= 4 is 29.7 Å². The van der Waals surface area contributed by atoms with Gasteiger partial charge in [0.1, 0.15) is 5.82 Å². The topological polar surface area (TPSA) is 82.2 Å². The number of hydrogen-bond acceptors (Lipinski definition) is 5. The van der Waals surface area contributed by atoms with Crippen molar-refractivity contribution < 1.29 is 13.6 Å². The summed E-state index contributed by atoms with van der Waals surface area (Å²) in [7, 11) is 1.81. The van der Waals surface area contributed by atoms with E-state index in [0.717, 1.165) is 0 Å². The fraction of sp³-hybridized carbons (Fsp3) is 0.278. The molecule has 2 N–H and O–H groups in total. The van der Waals surface area contributed by atoms with E-state index in [0.29, 0.717) is 33.6 Å². The molecule has 1 amide bonds. The lowest BCUT2D eigenvalue weighted by Gasteiger charge is -2.17. The van der Waals surface area contributed by atoms with Crippen LogP contribution in [0.2, 0.25) is 5.02 Å². The third kappa shape index (κ3) is 4.49. The Hall–Kier alpha value is -2.49. The van der Waals surface area contributed by atoms with Crippen LogP contribution in [0.3, 0.4) is 0 Å². The number of rotatable bonds is 8. The molecule has 0 saturated carbocycles. The lowest BCUT2D eigenvalue weighted by atomic mass is 10.2. The van der Waals surface area contributed by atoms with Crippen LogP contribution in [0.15, 0.2) is 41.0 Å². The molecule has 0 aliphatic carbocycles. The van der Waals surface area contributed by atoms with Gasteiger partial charge < -0.3 is 10.2 Å². The fourth-order valence-electron chi connectivity index (χ4n) is 2.78. The van der Waals surface area contributed by atoms with E-state index in [2.05, 4.69) is 5.10 Å². The summed E-state index contributed by atoms with van der Waals surface area (Å²) in [5.41, 5.74) is 5.67. The molecule has 28 heavy (non-hydrogen) atoms. The van der Waals surface area contributed by atoms with Gasteiger partial charge in [-0.25, -0.2) is 9.07 Å². The molecule has 0 spiro atoms. The molecule has 1 aromatic carbocycles. The lowest BCUT2D eigenvalue weighted by Crippen LogP contribution is -2.23. The second-order valence-corrected chi connectivity index (χ2v) is 7.08. The monoisotopic (exact) mass is 423 g/mol. The Kier molecular flexibility index (Phi) is 6.28. The molecule has 0 aliphatic rings. The van der Waals surface area contributed by atoms with Crippen LogP contribution in [-0.2, 0) is 24.6 Å². The summed E-state index contributed by atoms with van der Waals surface area (Å²) in [4.78, 5) is 13.0. The minimum Gasteiger partial charge on any atom is -0.461 e. The van der Waals surface area contributed by atoms with Gasteiger partial charge in [-0.1, -0.05) is 17.7 Å². The highest BCUT2D eigenvalue weighted by Crippen LogP contribution is 2.22. The second-order valence-electron chi connectivity index (χ2n) is 6.31. The third-order valence-electron chi connectivity index (χ3n) is 4.11. The number of hydrogen-bond donors (Lipinski definition) is 1. The molecule has 7 nitrogen and oxygen atoms in total. The van der Waals surface area contributed by atoms with Gasteiger partial charge in [0.05, 0.1) is 12.9 Å². The molecule has 0 unspecified atom stereocenters. The Morgan fingerprint density at radius 3 is 2.82 bits per heavy atom. The van der Waals surface area contributed by atoms with E-state index in [-0.39, 0.29) is 25.3 Å². The molecule has 0 aliphatic heterocycles. The average Bonchev–Trinajstić information content (AvgIpc) is 3.26. The van der Waals surface area contributed by atoms with E-state index in [1.807, 2.05) is 4.90 Å². The molecular formula is C18H19ClFN5O2S. The third-order valence-corrected chi connectivity index (χ3v) is 4.90. The predicted octanol–water partition coefficient (Wildman–Crippen LogP) is 3.43. The molecule has 0 saturated heterocycles. The van der Waals surface area contributed by atoms with Gasteiger partial charge in [-0.2, -0.15) is 0 Å². The van der Waals surface area contributed by atoms with Crippen molar-refractivity contribution in [3.63, 3.8) is 0 Å². The smallest absolute Gasteiger partial charge is 0.219 e. The van der Waals surface area contributed by atoms with Crippen LogP contribution < -0.4 is 5.73 Å². The van der Waals surface area contributed by atoms with Gasteiger partial charge in [0.25, 0.3) is 0 Å². The van der Waals surface area contributed by atoms with E-state index >= 15 is 0 Å². The van der Waals surface area contributed by atoms with Crippen LogP contribution in [0.4, 0.5) is 4.39 Å². The molecule has 148 valence electrons. The van der Waals surface area contributed by atoms with E-state index in [9.17, 15) is 9.18 Å². The number of carbonyl (C=O) groups excluding carboxylic acids is 1. The summed E-state index contributed by atoms with van der Waals surface area (Å²) >= 11 is 11.6. The summed E-state index contributed by atoms with van der Waals surface area (Å²) in [6.45, 7) is 0.853. The Bertz CT molecular complexity index is 1010. The first-order valence-electron chi connectivity index (χ1n) is 8.48. The molecular weight excluding hydrogens is 405 g/mol. The number of halogens is 2. The van der Waals surface area contributed by atoms with E-state index < -0.39 is 5.91 Å². The van der Waals surface area contributed by atoms with Gasteiger partial charge in [0, 0.05) is 30.1 Å². The lowest BCUT2D eigenvalue weighted by molar-refractivity contribution is -0.118. The normalized spacial score (nSPS) is 11.3.